The summed E-state index contributed by atoms with van der Waals surface area (Å²) in [6, 6.07) is 8.94. The van der Waals surface area contributed by atoms with E-state index in [9.17, 15) is 0 Å². The molecule has 0 spiro atoms. The SMILES string of the molecule is CC(C)c1nc2cnc3ccccc3c2n1C1CCNCC1. The molecule has 0 saturated carbocycles. The van der Waals surface area contributed by atoms with E-state index in [1.165, 1.54) is 29.6 Å². The lowest BCUT2D eigenvalue weighted by Gasteiger charge is -2.27. The van der Waals surface area contributed by atoms with Crippen molar-refractivity contribution in [2.75, 3.05) is 13.1 Å². The van der Waals surface area contributed by atoms with Crippen LogP contribution < -0.4 is 5.32 Å². The minimum atomic E-state index is 0.418. The Bertz CT molecular complexity index is 812. The first-order valence-corrected chi connectivity index (χ1v) is 8.22. The molecule has 0 radical (unpaired) electrons. The van der Waals surface area contributed by atoms with Gasteiger partial charge in [-0.15, -0.1) is 0 Å². The van der Waals surface area contributed by atoms with E-state index in [-0.39, 0.29) is 0 Å². The summed E-state index contributed by atoms with van der Waals surface area (Å²) in [4.78, 5) is 9.50. The first-order valence-electron chi connectivity index (χ1n) is 8.22. The third-order valence-electron chi connectivity index (χ3n) is 4.64. The van der Waals surface area contributed by atoms with E-state index < -0.39 is 0 Å². The van der Waals surface area contributed by atoms with Crippen molar-refractivity contribution in [1.29, 1.82) is 0 Å². The van der Waals surface area contributed by atoms with Gasteiger partial charge in [-0.3, -0.25) is 4.98 Å². The number of nitrogens with one attached hydrogen (secondary N) is 1. The lowest BCUT2D eigenvalue weighted by Crippen LogP contribution is -2.30. The summed E-state index contributed by atoms with van der Waals surface area (Å²) >= 11 is 0. The number of hydrogen-bond donors (Lipinski definition) is 1. The second-order valence-electron chi connectivity index (χ2n) is 6.49. The van der Waals surface area contributed by atoms with Gasteiger partial charge in [-0.2, -0.15) is 0 Å². The molecule has 3 heterocycles. The summed E-state index contributed by atoms with van der Waals surface area (Å²) in [7, 11) is 0. The third kappa shape index (κ3) is 2.10. The van der Waals surface area contributed by atoms with Crippen LogP contribution in [0.4, 0.5) is 0 Å². The zero-order valence-corrected chi connectivity index (χ0v) is 13.2. The van der Waals surface area contributed by atoms with E-state index in [1.54, 1.807) is 0 Å². The number of pyridine rings is 1. The highest BCUT2D eigenvalue weighted by Crippen LogP contribution is 2.33. The summed E-state index contributed by atoms with van der Waals surface area (Å²) < 4.78 is 2.50. The molecule has 3 aromatic rings. The number of benzene rings is 1. The fraction of sp³-hybridized carbons (Fsp3) is 0.444. The molecule has 114 valence electrons. The second kappa shape index (κ2) is 5.36. The molecule has 2 aromatic heterocycles. The molecule has 1 aromatic carbocycles. The number of fused-ring (bicyclic) bond motifs is 3. The van der Waals surface area contributed by atoms with Crippen LogP contribution in [0.3, 0.4) is 0 Å². The van der Waals surface area contributed by atoms with Crippen LogP contribution in [0.25, 0.3) is 21.9 Å². The Labute approximate surface area is 130 Å². The predicted molar refractivity (Wildman–Crippen MR) is 90.3 cm³/mol. The molecule has 4 nitrogen and oxygen atoms in total. The van der Waals surface area contributed by atoms with Gasteiger partial charge in [-0.05, 0) is 32.0 Å². The van der Waals surface area contributed by atoms with E-state index in [1.807, 2.05) is 6.20 Å². The lowest BCUT2D eigenvalue weighted by molar-refractivity contribution is 0.364. The van der Waals surface area contributed by atoms with Crippen molar-refractivity contribution in [2.24, 2.45) is 0 Å². The summed E-state index contributed by atoms with van der Waals surface area (Å²) in [5.74, 6) is 1.61. The van der Waals surface area contributed by atoms with Crippen molar-refractivity contribution in [1.82, 2.24) is 19.9 Å². The Morgan fingerprint density at radius 1 is 1.14 bits per heavy atom. The molecule has 1 N–H and O–H groups in total. The van der Waals surface area contributed by atoms with Gasteiger partial charge in [0.1, 0.15) is 11.3 Å². The second-order valence-corrected chi connectivity index (χ2v) is 6.49. The van der Waals surface area contributed by atoms with E-state index >= 15 is 0 Å². The molecule has 4 rings (SSSR count). The number of rotatable bonds is 2. The number of nitrogens with zero attached hydrogens (tertiary/aromatic N) is 3. The van der Waals surface area contributed by atoms with Crippen LogP contribution in [0.5, 0.6) is 0 Å². The quantitative estimate of drug-likeness (QED) is 0.785. The van der Waals surface area contributed by atoms with E-state index in [2.05, 4.69) is 53.0 Å². The van der Waals surface area contributed by atoms with Crippen molar-refractivity contribution < 1.29 is 0 Å². The fourth-order valence-corrected chi connectivity index (χ4v) is 3.58. The Morgan fingerprint density at radius 3 is 2.68 bits per heavy atom. The molecule has 1 aliphatic heterocycles. The number of para-hydroxylation sites is 1. The van der Waals surface area contributed by atoms with Crippen LogP contribution in [-0.4, -0.2) is 27.6 Å². The summed E-state index contributed by atoms with van der Waals surface area (Å²) in [6.45, 7) is 6.64. The monoisotopic (exact) mass is 294 g/mol. The molecule has 0 aliphatic carbocycles. The standard InChI is InChI=1S/C18H22N4/c1-12(2)18-21-16-11-20-15-6-4-3-5-14(15)17(16)22(18)13-7-9-19-10-8-13/h3-6,11-13,19H,7-10H2,1-2H3. The maximum atomic E-state index is 4.92. The van der Waals surface area contributed by atoms with Gasteiger partial charge in [0.05, 0.1) is 17.2 Å². The minimum absolute atomic E-state index is 0.418. The van der Waals surface area contributed by atoms with Crippen LogP contribution >= 0.6 is 0 Å². The van der Waals surface area contributed by atoms with Crippen molar-refractivity contribution in [3.63, 3.8) is 0 Å². The smallest absolute Gasteiger partial charge is 0.112 e. The van der Waals surface area contributed by atoms with E-state index in [0.29, 0.717) is 12.0 Å². The first kappa shape index (κ1) is 13.7. The van der Waals surface area contributed by atoms with Gasteiger partial charge >= 0.3 is 0 Å². The number of aromatic nitrogens is 3. The van der Waals surface area contributed by atoms with Gasteiger partial charge in [-0.25, -0.2) is 4.98 Å². The van der Waals surface area contributed by atoms with Crippen molar-refractivity contribution in [3.05, 3.63) is 36.3 Å². The van der Waals surface area contributed by atoms with E-state index in [0.717, 1.165) is 24.1 Å². The highest BCUT2D eigenvalue weighted by molar-refractivity contribution is 6.02. The van der Waals surface area contributed by atoms with Gasteiger partial charge in [0.2, 0.25) is 0 Å². The molecule has 1 saturated heterocycles. The Morgan fingerprint density at radius 2 is 1.91 bits per heavy atom. The molecule has 1 fully saturated rings. The third-order valence-corrected chi connectivity index (χ3v) is 4.64. The minimum Gasteiger partial charge on any atom is -0.324 e. The van der Waals surface area contributed by atoms with E-state index in [4.69, 9.17) is 4.98 Å². The predicted octanol–water partition coefficient (Wildman–Crippen LogP) is 3.63. The number of hydrogen-bond acceptors (Lipinski definition) is 3. The van der Waals surface area contributed by atoms with Crippen LogP contribution in [0, 0.1) is 0 Å². The largest absolute Gasteiger partial charge is 0.324 e. The molecule has 22 heavy (non-hydrogen) atoms. The van der Waals surface area contributed by atoms with Gasteiger partial charge in [0, 0.05) is 17.3 Å². The fourth-order valence-electron chi connectivity index (χ4n) is 3.58. The van der Waals surface area contributed by atoms with Crippen molar-refractivity contribution >= 4 is 21.9 Å². The molecular formula is C18H22N4. The zero-order chi connectivity index (χ0) is 15.1. The Balaban J connectivity index is 2.04. The molecule has 0 unspecified atom stereocenters. The van der Waals surface area contributed by atoms with Gasteiger partial charge in [0.25, 0.3) is 0 Å². The van der Waals surface area contributed by atoms with Crippen LogP contribution in [0.1, 0.15) is 44.5 Å². The molecule has 1 aliphatic rings. The summed E-state index contributed by atoms with van der Waals surface area (Å²) in [5, 5.41) is 4.68. The molecule has 0 amide bonds. The Hall–Kier alpha value is -1.94. The highest BCUT2D eigenvalue weighted by atomic mass is 15.1. The van der Waals surface area contributed by atoms with Gasteiger partial charge in [-0.1, -0.05) is 32.0 Å². The van der Waals surface area contributed by atoms with Crippen molar-refractivity contribution in [3.8, 4) is 0 Å². The number of imidazole rings is 1. The maximum Gasteiger partial charge on any atom is 0.112 e. The van der Waals surface area contributed by atoms with Gasteiger partial charge < -0.3 is 9.88 Å². The molecule has 0 atom stereocenters. The summed E-state index contributed by atoms with van der Waals surface area (Å²) in [5.41, 5.74) is 3.35. The average Bonchev–Trinajstić information content (AvgIpc) is 2.96. The number of piperidine rings is 1. The summed E-state index contributed by atoms with van der Waals surface area (Å²) in [6.07, 6.45) is 4.27. The normalized spacial score (nSPS) is 16.9. The average molecular weight is 294 g/mol. The van der Waals surface area contributed by atoms with Crippen LogP contribution in [-0.2, 0) is 0 Å². The van der Waals surface area contributed by atoms with Gasteiger partial charge in [0.15, 0.2) is 0 Å². The zero-order valence-electron chi connectivity index (χ0n) is 13.2. The van der Waals surface area contributed by atoms with Crippen LogP contribution in [0.2, 0.25) is 0 Å². The first-order chi connectivity index (χ1) is 10.8. The molecule has 0 bridgehead atoms. The highest BCUT2D eigenvalue weighted by Gasteiger charge is 2.23. The van der Waals surface area contributed by atoms with Crippen LogP contribution in [0.15, 0.2) is 30.5 Å². The topological polar surface area (TPSA) is 42.7 Å². The maximum absolute atomic E-state index is 4.92. The lowest BCUT2D eigenvalue weighted by atomic mass is 10.0. The Kier molecular flexibility index (Phi) is 3.34. The molecule has 4 heteroatoms. The molecular weight excluding hydrogens is 272 g/mol. The van der Waals surface area contributed by atoms with Crippen molar-refractivity contribution in [2.45, 2.75) is 38.6 Å².